The zero-order chi connectivity index (χ0) is 15.0. The third-order valence-electron chi connectivity index (χ3n) is 3.22. The maximum Gasteiger partial charge on any atom is 0.407 e. The van der Waals surface area contributed by atoms with E-state index in [1.165, 1.54) is 0 Å². The van der Waals surface area contributed by atoms with E-state index < -0.39 is 34.4 Å². The molecule has 1 spiro atoms. The van der Waals surface area contributed by atoms with E-state index in [1.54, 1.807) is 13.8 Å². The molecule has 0 aliphatic carbocycles. The minimum absolute atomic E-state index is 0.0394. The molecule has 20 heavy (non-hydrogen) atoms. The van der Waals surface area contributed by atoms with Gasteiger partial charge in [0, 0.05) is 5.92 Å². The van der Waals surface area contributed by atoms with Crippen molar-refractivity contribution in [3.8, 4) is 0 Å². The lowest BCUT2D eigenvalue weighted by molar-refractivity contribution is -0.573. The third-order valence-corrected chi connectivity index (χ3v) is 4.10. The molecule has 0 aromatic rings. The van der Waals surface area contributed by atoms with Crippen LogP contribution in [-0.4, -0.2) is 56.5 Å². The van der Waals surface area contributed by atoms with Crippen LogP contribution < -0.4 is 0 Å². The Balaban J connectivity index is 2.07. The molecule has 2 aliphatic heterocycles. The Kier molecular flexibility index (Phi) is 4.38. The molecule has 9 nitrogen and oxygen atoms in total. The van der Waals surface area contributed by atoms with Gasteiger partial charge in [0.1, 0.15) is 0 Å². The number of ether oxygens (including phenoxy) is 3. The van der Waals surface area contributed by atoms with Gasteiger partial charge in [0.15, 0.2) is 6.29 Å². The first kappa shape index (κ1) is 16.0. The van der Waals surface area contributed by atoms with Crippen LogP contribution in [0.25, 0.3) is 0 Å². The van der Waals surface area contributed by atoms with E-state index in [9.17, 15) is 13.5 Å². The van der Waals surface area contributed by atoms with Crippen LogP contribution >= 0.6 is 0 Å². The highest BCUT2D eigenvalue weighted by Crippen LogP contribution is 2.51. The molecule has 2 atom stereocenters. The summed E-state index contributed by atoms with van der Waals surface area (Å²) in [6.07, 6.45) is -0.496. The lowest BCUT2D eigenvalue weighted by Gasteiger charge is -2.48. The molecule has 2 fully saturated rings. The van der Waals surface area contributed by atoms with Crippen LogP contribution in [0.15, 0.2) is 0 Å². The van der Waals surface area contributed by atoms with Gasteiger partial charge in [0.25, 0.3) is 5.79 Å². The van der Waals surface area contributed by atoms with Gasteiger partial charge in [-0.15, -0.1) is 0 Å². The second-order valence-electron chi connectivity index (χ2n) is 4.60. The van der Waals surface area contributed by atoms with E-state index in [4.69, 9.17) is 19.3 Å². The highest BCUT2D eigenvalue weighted by atomic mass is 32.3. The molecule has 2 heterocycles. The molecule has 2 rings (SSSR count). The van der Waals surface area contributed by atoms with Crippen molar-refractivity contribution in [2.75, 3.05) is 19.8 Å². The Hall–Kier alpha value is -0.330. The normalized spacial score (nSPS) is 40.7. The standard InChI is InChI=1S/C10H18O9S/c1-3-7(2)9(12)10(19-20(13,14)18-9)16-8(17-10)6-15-5-4-11/h7-8,11-12H,3-6H2,1-2H3. The van der Waals surface area contributed by atoms with Gasteiger partial charge in [-0.25, -0.2) is 4.18 Å². The average Bonchev–Trinajstić information content (AvgIpc) is 2.55. The summed E-state index contributed by atoms with van der Waals surface area (Å²) in [6, 6.07) is 0. The summed E-state index contributed by atoms with van der Waals surface area (Å²) < 4.78 is 47.4. The summed E-state index contributed by atoms with van der Waals surface area (Å²) in [5, 5.41) is 19.0. The van der Waals surface area contributed by atoms with Crippen LogP contribution in [0.3, 0.4) is 0 Å². The van der Waals surface area contributed by atoms with E-state index in [0.29, 0.717) is 6.42 Å². The first-order valence-corrected chi connectivity index (χ1v) is 7.54. The number of aliphatic hydroxyl groups is 2. The Morgan fingerprint density at radius 1 is 1.35 bits per heavy atom. The van der Waals surface area contributed by atoms with E-state index in [2.05, 4.69) is 8.37 Å². The Morgan fingerprint density at radius 2 is 2.00 bits per heavy atom. The topological polar surface area (TPSA) is 121 Å². The maximum atomic E-state index is 11.4. The van der Waals surface area contributed by atoms with Gasteiger partial charge in [0.05, 0.1) is 19.8 Å². The van der Waals surface area contributed by atoms with Crippen molar-refractivity contribution in [3.05, 3.63) is 0 Å². The first-order chi connectivity index (χ1) is 9.28. The van der Waals surface area contributed by atoms with Gasteiger partial charge >= 0.3 is 16.4 Å². The van der Waals surface area contributed by atoms with E-state index in [1.807, 2.05) is 0 Å². The zero-order valence-corrected chi connectivity index (χ0v) is 12.0. The highest BCUT2D eigenvalue weighted by molar-refractivity contribution is 7.82. The number of rotatable bonds is 6. The summed E-state index contributed by atoms with van der Waals surface area (Å²) in [5.41, 5.74) is 0. The summed E-state index contributed by atoms with van der Waals surface area (Å²) in [4.78, 5) is 0. The molecular formula is C10H18O9S. The van der Waals surface area contributed by atoms with Gasteiger partial charge in [0.2, 0.25) is 0 Å². The Labute approximate surface area is 116 Å². The smallest absolute Gasteiger partial charge is 0.394 e. The van der Waals surface area contributed by atoms with E-state index in [-0.39, 0.29) is 19.8 Å². The molecule has 0 aromatic heterocycles. The minimum Gasteiger partial charge on any atom is -0.394 e. The highest BCUT2D eigenvalue weighted by Gasteiger charge is 2.75. The van der Waals surface area contributed by atoms with Crippen LogP contribution in [0.2, 0.25) is 0 Å². The van der Waals surface area contributed by atoms with Crippen molar-refractivity contribution in [1.29, 1.82) is 0 Å². The number of hydrogen-bond donors (Lipinski definition) is 2. The number of hydrogen-bond acceptors (Lipinski definition) is 9. The largest absolute Gasteiger partial charge is 0.407 e. The molecule has 0 amide bonds. The monoisotopic (exact) mass is 314 g/mol. The SMILES string of the molecule is CCC(C)C1(O)OS(=O)(=O)OC12OC(COCCO)O2. The average molecular weight is 314 g/mol. The fourth-order valence-electron chi connectivity index (χ4n) is 1.95. The van der Waals surface area contributed by atoms with Crippen LogP contribution in [0.1, 0.15) is 20.3 Å². The molecule has 10 heteroatoms. The Bertz CT molecular complexity index is 444. The predicted octanol–water partition coefficient (Wildman–Crippen LogP) is -0.952. The molecular weight excluding hydrogens is 296 g/mol. The van der Waals surface area contributed by atoms with Crippen molar-refractivity contribution in [3.63, 3.8) is 0 Å². The molecule has 0 saturated carbocycles. The van der Waals surface area contributed by atoms with Gasteiger partial charge in [-0.1, -0.05) is 13.8 Å². The van der Waals surface area contributed by atoms with Gasteiger partial charge < -0.3 is 14.9 Å². The molecule has 0 radical (unpaired) electrons. The number of aliphatic hydroxyl groups excluding tert-OH is 1. The molecule has 2 aliphatic rings. The third kappa shape index (κ3) is 2.57. The van der Waals surface area contributed by atoms with Crippen molar-refractivity contribution in [2.45, 2.75) is 38.3 Å². The zero-order valence-electron chi connectivity index (χ0n) is 11.1. The second-order valence-corrected chi connectivity index (χ2v) is 5.75. The minimum atomic E-state index is -4.41. The van der Waals surface area contributed by atoms with E-state index in [0.717, 1.165) is 0 Å². The quantitative estimate of drug-likeness (QED) is 0.597. The molecule has 2 unspecified atom stereocenters. The molecule has 0 bridgehead atoms. The summed E-state index contributed by atoms with van der Waals surface area (Å²) in [6.45, 7) is 3.20. The van der Waals surface area contributed by atoms with Gasteiger partial charge in [-0.2, -0.15) is 12.6 Å². The fraction of sp³-hybridized carbons (Fsp3) is 1.00. The van der Waals surface area contributed by atoms with Crippen molar-refractivity contribution in [1.82, 2.24) is 0 Å². The summed E-state index contributed by atoms with van der Waals surface area (Å²) in [5.74, 6) is -5.07. The first-order valence-electron chi connectivity index (χ1n) is 6.21. The van der Waals surface area contributed by atoms with Crippen LogP contribution in [0, 0.1) is 5.92 Å². The molecule has 2 saturated heterocycles. The van der Waals surface area contributed by atoms with Gasteiger partial charge in [-0.3, -0.25) is 9.47 Å². The predicted molar refractivity (Wildman–Crippen MR) is 62.1 cm³/mol. The van der Waals surface area contributed by atoms with Crippen LogP contribution in [0.5, 0.6) is 0 Å². The lowest BCUT2D eigenvalue weighted by Crippen LogP contribution is -2.69. The van der Waals surface area contributed by atoms with Crippen molar-refractivity contribution >= 4 is 10.4 Å². The van der Waals surface area contributed by atoms with Crippen molar-refractivity contribution < 1.29 is 41.2 Å². The molecule has 0 aromatic carbocycles. The van der Waals surface area contributed by atoms with Crippen LogP contribution in [-0.2, 0) is 33.0 Å². The molecule has 118 valence electrons. The summed E-state index contributed by atoms with van der Waals surface area (Å²) in [7, 11) is -4.41. The van der Waals surface area contributed by atoms with E-state index >= 15 is 0 Å². The second kappa shape index (κ2) is 5.46. The summed E-state index contributed by atoms with van der Waals surface area (Å²) >= 11 is 0. The van der Waals surface area contributed by atoms with Crippen molar-refractivity contribution in [2.24, 2.45) is 5.92 Å². The fourth-order valence-corrected chi connectivity index (χ4v) is 3.03. The van der Waals surface area contributed by atoms with Gasteiger partial charge in [-0.05, 0) is 6.42 Å². The van der Waals surface area contributed by atoms with Crippen LogP contribution in [0.4, 0.5) is 0 Å². The maximum absolute atomic E-state index is 11.4. The lowest BCUT2D eigenvalue weighted by atomic mass is 9.95. The molecule has 2 N–H and O–H groups in total. The Morgan fingerprint density at radius 3 is 2.55 bits per heavy atom.